The fraction of sp³-hybridized carbons (Fsp3) is 0.368. The molecule has 0 spiro atoms. The SMILES string of the molecule is CCNC(=O)C1OC(n2cnc3c(NCc4ccc([N+](=O)[O-])cc4)ncnc32)C(O)C1O. The maximum Gasteiger partial charge on any atom is 0.269 e. The van der Waals surface area contributed by atoms with Gasteiger partial charge in [0.1, 0.15) is 18.5 Å². The van der Waals surface area contributed by atoms with Crippen LogP contribution in [-0.4, -0.2) is 65.4 Å². The van der Waals surface area contributed by atoms with Gasteiger partial charge in [-0.1, -0.05) is 12.1 Å². The summed E-state index contributed by atoms with van der Waals surface area (Å²) < 4.78 is 7.06. The number of aliphatic hydroxyl groups is 2. The summed E-state index contributed by atoms with van der Waals surface area (Å²) in [7, 11) is 0. The number of likely N-dealkylation sites (N-methyl/N-ethyl adjacent to an activating group) is 1. The minimum Gasteiger partial charge on any atom is -0.387 e. The molecule has 168 valence electrons. The van der Waals surface area contributed by atoms with Crippen molar-refractivity contribution in [3.05, 3.63) is 52.6 Å². The third kappa shape index (κ3) is 3.95. The molecule has 3 heterocycles. The van der Waals surface area contributed by atoms with Gasteiger partial charge in [-0.15, -0.1) is 0 Å². The Bertz CT molecular complexity index is 1130. The summed E-state index contributed by atoms with van der Waals surface area (Å²) in [4.78, 5) is 35.1. The van der Waals surface area contributed by atoms with Crippen molar-refractivity contribution in [2.75, 3.05) is 11.9 Å². The van der Waals surface area contributed by atoms with E-state index in [9.17, 15) is 25.1 Å². The molecular weight excluding hydrogens is 422 g/mol. The van der Waals surface area contributed by atoms with E-state index in [1.165, 1.54) is 29.4 Å². The minimum absolute atomic E-state index is 0.000140. The zero-order valence-corrected chi connectivity index (χ0v) is 17.0. The summed E-state index contributed by atoms with van der Waals surface area (Å²) in [5.74, 6) is -0.119. The second-order valence-corrected chi connectivity index (χ2v) is 7.15. The summed E-state index contributed by atoms with van der Waals surface area (Å²) in [6.07, 6.45) is -2.39. The van der Waals surface area contributed by atoms with Crippen LogP contribution in [0.4, 0.5) is 11.5 Å². The molecule has 13 nitrogen and oxygen atoms in total. The van der Waals surface area contributed by atoms with Crippen LogP contribution in [-0.2, 0) is 16.1 Å². The van der Waals surface area contributed by atoms with Crippen molar-refractivity contribution in [1.29, 1.82) is 0 Å². The number of fused-ring (bicyclic) bond motifs is 1. The number of imidazole rings is 1. The van der Waals surface area contributed by atoms with Crippen molar-refractivity contribution in [1.82, 2.24) is 24.8 Å². The van der Waals surface area contributed by atoms with Crippen molar-refractivity contribution in [3.8, 4) is 0 Å². The third-order valence-corrected chi connectivity index (χ3v) is 5.09. The number of aromatic nitrogens is 4. The van der Waals surface area contributed by atoms with Crippen LogP contribution in [0.15, 0.2) is 36.9 Å². The first-order chi connectivity index (χ1) is 15.4. The van der Waals surface area contributed by atoms with Crippen LogP contribution in [0.3, 0.4) is 0 Å². The molecule has 1 aromatic carbocycles. The van der Waals surface area contributed by atoms with E-state index in [0.29, 0.717) is 30.1 Å². The molecule has 1 aliphatic heterocycles. The van der Waals surface area contributed by atoms with Crippen molar-refractivity contribution < 1.29 is 24.7 Å². The van der Waals surface area contributed by atoms with Gasteiger partial charge in [-0.3, -0.25) is 19.5 Å². The molecule has 0 saturated carbocycles. The van der Waals surface area contributed by atoms with Crippen LogP contribution in [0.2, 0.25) is 0 Å². The number of nitro benzene ring substituents is 1. The minimum atomic E-state index is -1.41. The van der Waals surface area contributed by atoms with Gasteiger partial charge in [0.05, 0.1) is 11.3 Å². The summed E-state index contributed by atoms with van der Waals surface area (Å²) in [5.41, 5.74) is 1.52. The number of non-ortho nitro benzene ring substituents is 1. The van der Waals surface area contributed by atoms with Gasteiger partial charge in [0.25, 0.3) is 11.6 Å². The lowest BCUT2D eigenvalue weighted by Gasteiger charge is -2.16. The van der Waals surface area contributed by atoms with E-state index in [1.54, 1.807) is 19.1 Å². The second-order valence-electron chi connectivity index (χ2n) is 7.15. The lowest BCUT2D eigenvalue weighted by atomic mass is 10.1. The largest absolute Gasteiger partial charge is 0.387 e. The van der Waals surface area contributed by atoms with Gasteiger partial charge in [0.15, 0.2) is 29.3 Å². The quantitative estimate of drug-likeness (QED) is 0.289. The molecule has 3 aromatic rings. The van der Waals surface area contributed by atoms with E-state index in [1.807, 2.05) is 0 Å². The third-order valence-electron chi connectivity index (χ3n) is 5.09. The summed E-state index contributed by atoms with van der Waals surface area (Å²) in [6, 6.07) is 6.09. The highest BCUT2D eigenvalue weighted by Gasteiger charge is 2.47. The van der Waals surface area contributed by atoms with Crippen molar-refractivity contribution in [2.24, 2.45) is 0 Å². The standard InChI is InChI=1S/C19H21N7O6/c1-2-20-18(29)15-13(27)14(28)19(32-15)25-9-24-12-16(22-8-23-17(12)25)21-7-10-3-5-11(6-4-10)26(30)31/h3-6,8-9,13-15,19,27-28H,2,7H2,1H3,(H,20,29)(H,21,22,23). The number of nitrogens with one attached hydrogen (secondary N) is 2. The zero-order valence-electron chi connectivity index (χ0n) is 17.0. The molecule has 0 aliphatic carbocycles. The molecule has 2 aromatic heterocycles. The van der Waals surface area contributed by atoms with Gasteiger partial charge in [0, 0.05) is 25.2 Å². The summed E-state index contributed by atoms with van der Waals surface area (Å²) in [6.45, 7) is 2.42. The van der Waals surface area contributed by atoms with E-state index < -0.39 is 35.4 Å². The second kappa shape index (κ2) is 8.82. The van der Waals surface area contributed by atoms with Gasteiger partial charge in [-0.2, -0.15) is 0 Å². The maximum atomic E-state index is 12.1. The van der Waals surface area contributed by atoms with Crippen LogP contribution in [0, 0.1) is 10.1 Å². The van der Waals surface area contributed by atoms with Crippen molar-refractivity contribution in [2.45, 2.75) is 38.0 Å². The number of ether oxygens (including phenoxy) is 1. The predicted molar refractivity (Wildman–Crippen MR) is 110 cm³/mol. The first-order valence-corrected chi connectivity index (χ1v) is 9.84. The smallest absolute Gasteiger partial charge is 0.269 e. The molecule has 1 fully saturated rings. The number of anilines is 1. The monoisotopic (exact) mass is 443 g/mol. The van der Waals surface area contributed by atoms with Crippen LogP contribution in [0.5, 0.6) is 0 Å². The molecule has 0 bridgehead atoms. The van der Waals surface area contributed by atoms with E-state index in [-0.39, 0.29) is 5.69 Å². The number of nitro groups is 1. The fourth-order valence-corrected chi connectivity index (χ4v) is 3.47. The Morgan fingerprint density at radius 3 is 2.66 bits per heavy atom. The Hall–Kier alpha value is -3.68. The summed E-state index contributed by atoms with van der Waals surface area (Å²) >= 11 is 0. The Morgan fingerprint density at radius 2 is 1.97 bits per heavy atom. The predicted octanol–water partition coefficient (Wildman–Crippen LogP) is 0.102. The molecule has 13 heteroatoms. The van der Waals surface area contributed by atoms with E-state index in [2.05, 4.69) is 25.6 Å². The summed E-state index contributed by atoms with van der Waals surface area (Å²) in [5, 5.41) is 37.2. The number of rotatable bonds is 7. The van der Waals surface area contributed by atoms with Crippen molar-refractivity contribution >= 4 is 28.6 Å². The normalized spacial score (nSPS) is 22.7. The van der Waals surface area contributed by atoms with Gasteiger partial charge in [0.2, 0.25) is 0 Å². The highest BCUT2D eigenvalue weighted by atomic mass is 16.6. The number of carbonyl (C=O) groups is 1. The first kappa shape index (κ1) is 21.5. The molecule has 4 N–H and O–H groups in total. The number of hydrogen-bond donors (Lipinski definition) is 4. The number of amides is 1. The zero-order chi connectivity index (χ0) is 22.8. The number of carbonyl (C=O) groups excluding carboxylic acids is 1. The molecule has 1 aliphatic rings. The number of hydrogen-bond acceptors (Lipinski definition) is 10. The van der Waals surface area contributed by atoms with E-state index >= 15 is 0 Å². The first-order valence-electron chi connectivity index (χ1n) is 9.84. The lowest BCUT2D eigenvalue weighted by molar-refractivity contribution is -0.384. The number of benzene rings is 1. The van der Waals surface area contributed by atoms with Gasteiger partial charge < -0.3 is 25.6 Å². The fourth-order valence-electron chi connectivity index (χ4n) is 3.47. The Labute approximate surface area is 181 Å². The molecule has 1 amide bonds. The van der Waals surface area contributed by atoms with Crippen LogP contribution < -0.4 is 10.6 Å². The number of aliphatic hydroxyl groups excluding tert-OH is 2. The topological polar surface area (TPSA) is 178 Å². The van der Waals surface area contributed by atoms with Gasteiger partial charge in [-0.25, -0.2) is 15.0 Å². The van der Waals surface area contributed by atoms with Gasteiger partial charge in [-0.05, 0) is 12.5 Å². The maximum absolute atomic E-state index is 12.1. The van der Waals surface area contributed by atoms with Crippen molar-refractivity contribution in [3.63, 3.8) is 0 Å². The van der Waals surface area contributed by atoms with E-state index in [0.717, 1.165) is 5.56 Å². The molecular formula is C19H21N7O6. The highest BCUT2D eigenvalue weighted by Crippen LogP contribution is 2.32. The van der Waals surface area contributed by atoms with E-state index in [4.69, 9.17) is 4.74 Å². The number of nitrogens with zero attached hydrogens (tertiary/aromatic N) is 5. The van der Waals surface area contributed by atoms with Crippen LogP contribution in [0.25, 0.3) is 11.2 Å². The highest BCUT2D eigenvalue weighted by molar-refractivity contribution is 5.83. The lowest BCUT2D eigenvalue weighted by Crippen LogP contribution is -2.42. The Morgan fingerprint density at radius 1 is 1.22 bits per heavy atom. The molecule has 4 atom stereocenters. The molecule has 0 radical (unpaired) electrons. The van der Waals surface area contributed by atoms with Crippen LogP contribution >= 0.6 is 0 Å². The molecule has 1 saturated heterocycles. The molecule has 4 unspecified atom stereocenters. The average Bonchev–Trinajstić information content (AvgIpc) is 3.34. The molecule has 4 rings (SSSR count). The van der Waals surface area contributed by atoms with Gasteiger partial charge >= 0.3 is 0 Å². The Balaban J connectivity index is 1.54. The van der Waals surface area contributed by atoms with Crippen LogP contribution in [0.1, 0.15) is 18.7 Å². The Kier molecular flexibility index (Phi) is 5.94. The average molecular weight is 443 g/mol. The molecule has 32 heavy (non-hydrogen) atoms.